The SMILES string of the molecule is CCC/C=C(/CC(C)(C)C/C=C(/C)C(=O)[C@H]1CC[C@@](C)(C(=O)OC2OC(C(=O)O)C(O)C(O)C2O)CC1)C(=O)c1cc2nc(C3CCC(C)(C)CC3)cc(C(C)(C)C)c2o1. The third-order valence-electron chi connectivity index (χ3n) is 13.3. The highest BCUT2D eigenvalue weighted by molar-refractivity contribution is 6.08. The van der Waals surface area contributed by atoms with Crippen molar-refractivity contribution in [2.24, 2.45) is 22.2 Å². The summed E-state index contributed by atoms with van der Waals surface area (Å²) in [6.07, 6.45) is 3.28. The molecule has 12 nitrogen and oxygen atoms in total. The van der Waals surface area contributed by atoms with E-state index in [9.17, 15) is 39.6 Å². The quantitative estimate of drug-likeness (QED) is 0.0805. The first-order chi connectivity index (χ1) is 27.9. The fourth-order valence-corrected chi connectivity index (χ4v) is 8.90. The number of Topliss-reactive ketones (excluding diaryl/α,β-unsaturated/α-hetero) is 2. The average Bonchev–Trinajstić information content (AvgIpc) is 3.61. The Morgan fingerprint density at radius 3 is 2.12 bits per heavy atom. The standard InChI is InChI=1S/C48H69NO11/c1-11-12-13-30(36(51)34-25-33-40(58-34)31(45(3,4)5)24-32(49-33)28-15-20-46(6,7)21-16-28)26-47(8,9)19-14-27(2)35(50)29-17-22-48(10,23-18-29)44(57)60-43-39(54)37(52)38(53)41(59-43)42(55)56/h13-14,24-25,28-29,37-39,41,43,52-54H,11-12,15-23,26H2,1-10H3,(H,55,56)/b27-14-,30-13-/t29-,37?,38?,39?,41?,43?,48+. The van der Waals surface area contributed by atoms with Crippen LogP contribution in [0.2, 0.25) is 0 Å². The summed E-state index contributed by atoms with van der Waals surface area (Å²) >= 11 is 0. The number of allylic oxidation sites excluding steroid dienone is 4. The molecule has 5 rings (SSSR count). The van der Waals surface area contributed by atoms with Crippen molar-refractivity contribution in [1.29, 1.82) is 0 Å². The number of hydrogen-bond acceptors (Lipinski definition) is 11. The van der Waals surface area contributed by atoms with Crippen LogP contribution in [0.1, 0.15) is 174 Å². The summed E-state index contributed by atoms with van der Waals surface area (Å²) in [5.41, 5.74) is 3.56. The molecule has 0 amide bonds. The van der Waals surface area contributed by atoms with Gasteiger partial charge in [0, 0.05) is 29.2 Å². The van der Waals surface area contributed by atoms with Crippen molar-refractivity contribution in [2.45, 2.75) is 188 Å². The van der Waals surface area contributed by atoms with Gasteiger partial charge in [0.1, 0.15) is 23.8 Å². The lowest BCUT2D eigenvalue weighted by atomic mass is 9.70. The molecule has 0 radical (unpaired) electrons. The number of carboxylic acid groups (broad SMARTS) is 1. The lowest BCUT2D eigenvalue weighted by molar-refractivity contribution is -0.289. The fourth-order valence-electron chi connectivity index (χ4n) is 8.90. The smallest absolute Gasteiger partial charge is 0.335 e. The number of aliphatic hydroxyl groups excluding tert-OH is 3. The number of carbonyl (C=O) groups is 4. The molecule has 12 heteroatoms. The number of carbonyl (C=O) groups excluding carboxylic acids is 3. The van der Waals surface area contributed by atoms with E-state index in [-0.39, 0.29) is 28.3 Å². The highest BCUT2D eigenvalue weighted by Gasteiger charge is 2.50. The Hall–Kier alpha value is -3.71. The number of carboxylic acids is 1. The van der Waals surface area contributed by atoms with Crippen LogP contribution in [0, 0.1) is 22.2 Å². The highest BCUT2D eigenvalue weighted by Crippen LogP contribution is 2.45. The third kappa shape index (κ3) is 10.8. The van der Waals surface area contributed by atoms with Crippen LogP contribution in [0.15, 0.2) is 39.8 Å². The molecule has 2 aliphatic carbocycles. The van der Waals surface area contributed by atoms with Crippen LogP contribution in [0.25, 0.3) is 11.1 Å². The Kier molecular flexibility index (Phi) is 14.5. The van der Waals surface area contributed by atoms with Crippen LogP contribution in [0.4, 0.5) is 0 Å². The van der Waals surface area contributed by atoms with Crippen molar-refractivity contribution in [3.63, 3.8) is 0 Å². The van der Waals surface area contributed by atoms with E-state index >= 15 is 0 Å². The molecule has 0 bridgehead atoms. The van der Waals surface area contributed by atoms with Crippen LogP contribution in [-0.4, -0.2) is 79.6 Å². The lowest BCUT2D eigenvalue weighted by Gasteiger charge is -2.40. The van der Waals surface area contributed by atoms with E-state index in [1.807, 2.05) is 18.2 Å². The van der Waals surface area contributed by atoms with E-state index in [0.717, 1.165) is 55.3 Å². The fraction of sp³-hybridized carbons (Fsp3) is 0.688. The zero-order valence-electron chi connectivity index (χ0n) is 37.4. The maximum Gasteiger partial charge on any atom is 0.335 e. The summed E-state index contributed by atoms with van der Waals surface area (Å²) in [7, 11) is 0. The minimum atomic E-state index is -1.90. The van der Waals surface area contributed by atoms with Crippen molar-refractivity contribution in [3.8, 4) is 0 Å². The number of unbranched alkanes of at least 4 members (excludes halogenated alkanes) is 1. The molecular formula is C48H69NO11. The zero-order chi connectivity index (χ0) is 44.5. The van der Waals surface area contributed by atoms with Gasteiger partial charge in [-0.2, -0.15) is 0 Å². The molecule has 0 spiro atoms. The molecule has 0 aromatic carbocycles. The molecule has 60 heavy (non-hydrogen) atoms. The number of nitrogens with zero attached hydrogens (tertiary/aromatic N) is 1. The van der Waals surface area contributed by atoms with Gasteiger partial charge in [-0.15, -0.1) is 0 Å². The van der Waals surface area contributed by atoms with Gasteiger partial charge in [-0.1, -0.05) is 74.0 Å². The minimum Gasteiger partial charge on any atom is -0.479 e. The molecule has 5 atom stereocenters. The van der Waals surface area contributed by atoms with Gasteiger partial charge in [0.25, 0.3) is 0 Å². The monoisotopic (exact) mass is 835 g/mol. The topological polar surface area (TPSA) is 194 Å². The molecule has 4 N–H and O–H groups in total. The summed E-state index contributed by atoms with van der Waals surface area (Å²) in [5, 5.41) is 39.7. The van der Waals surface area contributed by atoms with E-state index in [0.29, 0.717) is 72.3 Å². The van der Waals surface area contributed by atoms with Gasteiger partial charge in [0.15, 0.2) is 23.2 Å². The maximum atomic E-state index is 14.3. The summed E-state index contributed by atoms with van der Waals surface area (Å²) < 4.78 is 16.9. The molecule has 5 unspecified atom stereocenters. The number of esters is 1. The van der Waals surface area contributed by atoms with Gasteiger partial charge < -0.3 is 34.3 Å². The van der Waals surface area contributed by atoms with E-state index in [1.165, 1.54) is 0 Å². The summed E-state index contributed by atoms with van der Waals surface area (Å²) in [4.78, 5) is 57.8. The van der Waals surface area contributed by atoms with Gasteiger partial charge in [-0.25, -0.2) is 9.78 Å². The molecular weight excluding hydrogens is 767 g/mol. The highest BCUT2D eigenvalue weighted by atomic mass is 16.7. The Balaban J connectivity index is 1.23. The molecule has 2 saturated carbocycles. The second kappa shape index (κ2) is 18.3. The van der Waals surface area contributed by atoms with E-state index in [1.54, 1.807) is 13.8 Å². The van der Waals surface area contributed by atoms with Gasteiger partial charge in [0.05, 0.1) is 5.41 Å². The minimum absolute atomic E-state index is 0.00720. The third-order valence-corrected chi connectivity index (χ3v) is 13.3. The van der Waals surface area contributed by atoms with Gasteiger partial charge >= 0.3 is 11.9 Å². The van der Waals surface area contributed by atoms with Crippen molar-refractivity contribution < 1.29 is 53.5 Å². The molecule has 1 aliphatic heterocycles. The van der Waals surface area contributed by atoms with Crippen LogP contribution >= 0.6 is 0 Å². The van der Waals surface area contributed by atoms with Crippen LogP contribution in [0.3, 0.4) is 0 Å². The first kappa shape index (κ1) is 47.3. The number of ketones is 2. The predicted octanol–water partition coefficient (Wildman–Crippen LogP) is 8.67. The number of furan rings is 1. The van der Waals surface area contributed by atoms with Gasteiger partial charge in [0.2, 0.25) is 12.1 Å². The Morgan fingerprint density at radius 1 is 0.900 bits per heavy atom. The van der Waals surface area contributed by atoms with E-state index < -0.39 is 48.1 Å². The van der Waals surface area contributed by atoms with E-state index in [4.69, 9.17) is 18.9 Å². The number of aliphatic hydroxyl groups is 3. The Bertz CT molecular complexity index is 1960. The van der Waals surface area contributed by atoms with Crippen molar-refractivity contribution >= 4 is 34.6 Å². The molecule has 3 heterocycles. The Morgan fingerprint density at radius 2 is 1.53 bits per heavy atom. The first-order valence-electron chi connectivity index (χ1n) is 21.9. The molecule has 3 fully saturated rings. The molecule has 2 aromatic rings. The second-order valence-corrected chi connectivity index (χ2v) is 20.7. The molecule has 2 aromatic heterocycles. The number of rotatable bonds is 14. The largest absolute Gasteiger partial charge is 0.479 e. The molecule has 1 saturated heterocycles. The van der Waals surface area contributed by atoms with Crippen LogP contribution in [-0.2, 0) is 29.3 Å². The van der Waals surface area contributed by atoms with Crippen molar-refractivity contribution in [2.75, 3.05) is 0 Å². The summed E-state index contributed by atoms with van der Waals surface area (Å²) in [5.74, 6) is -2.11. The van der Waals surface area contributed by atoms with Gasteiger partial charge in [-0.05, 0) is 118 Å². The van der Waals surface area contributed by atoms with Crippen LogP contribution in [0.5, 0.6) is 0 Å². The van der Waals surface area contributed by atoms with Crippen molar-refractivity contribution in [3.05, 3.63) is 52.4 Å². The van der Waals surface area contributed by atoms with E-state index in [2.05, 4.69) is 61.5 Å². The lowest BCUT2D eigenvalue weighted by Crippen LogP contribution is -2.61. The van der Waals surface area contributed by atoms with Crippen LogP contribution < -0.4 is 0 Å². The molecule has 332 valence electrons. The summed E-state index contributed by atoms with van der Waals surface area (Å²) in [6.45, 7) is 20.9. The number of hydrogen-bond donors (Lipinski definition) is 4. The number of fused-ring (bicyclic) bond motifs is 1. The Labute approximate surface area is 355 Å². The first-order valence-corrected chi connectivity index (χ1v) is 21.9. The average molecular weight is 836 g/mol. The van der Waals surface area contributed by atoms with Crippen molar-refractivity contribution in [1.82, 2.24) is 4.98 Å². The predicted molar refractivity (Wildman–Crippen MR) is 227 cm³/mol. The second-order valence-electron chi connectivity index (χ2n) is 20.7. The zero-order valence-corrected chi connectivity index (χ0v) is 37.4. The number of aromatic nitrogens is 1. The summed E-state index contributed by atoms with van der Waals surface area (Å²) in [6, 6.07) is 4.03. The molecule has 3 aliphatic rings. The number of aliphatic carboxylic acids is 1. The maximum absolute atomic E-state index is 14.3. The number of ether oxygens (including phenoxy) is 2. The number of pyridine rings is 1. The normalized spacial score (nSPS) is 28.4. The van der Waals surface area contributed by atoms with Gasteiger partial charge in [-0.3, -0.25) is 14.4 Å².